The smallest absolute Gasteiger partial charge is 0.291 e. The average Bonchev–Trinajstić information content (AvgIpc) is 3.44. The molecule has 0 aliphatic carbocycles. The molecule has 10 heteroatoms. The van der Waals surface area contributed by atoms with Crippen molar-refractivity contribution >= 4 is 29.3 Å². The van der Waals surface area contributed by atoms with E-state index in [1.807, 2.05) is 38.1 Å². The fourth-order valence-corrected chi connectivity index (χ4v) is 6.26. The van der Waals surface area contributed by atoms with Crippen molar-refractivity contribution in [2.75, 3.05) is 26.1 Å². The molecule has 2 aromatic rings. The number of carbonyl (C=O) groups is 4. The number of primary amides is 1. The second-order valence-electron chi connectivity index (χ2n) is 10.0. The first-order valence-electron chi connectivity index (χ1n) is 12.3. The maximum Gasteiger partial charge on any atom is 0.291 e. The van der Waals surface area contributed by atoms with Gasteiger partial charge in [-0.2, -0.15) is 0 Å². The highest BCUT2D eigenvalue weighted by Crippen LogP contribution is 2.50. The molecular formula is C27H31N4O6+. The SMILES string of the molecule is COc1ccc(CCN2C(=O)[C@@H]3[C@H](CC(N)=O)[NH2+][C@@]4(C(=O)Nc5c4ccc(C)c5C)[C@@H]3C2=O)cc1OC. The van der Waals surface area contributed by atoms with Crippen molar-refractivity contribution < 1.29 is 34.0 Å². The molecule has 3 heterocycles. The van der Waals surface area contributed by atoms with Gasteiger partial charge >= 0.3 is 0 Å². The fraction of sp³-hybridized carbons (Fsp3) is 0.407. The molecule has 4 atom stereocenters. The van der Waals surface area contributed by atoms with Gasteiger partial charge in [0.1, 0.15) is 17.9 Å². The topological polar surface area (TPSA) is 145 Å². The van der Waals surface area contributed by atoms with E-state index < -0.39 is 35.2 Å². The summed E-state index contributed by atoms with van der Waals surface area (Å²) in [6.07, 6.45) is 0.286. The van der Waals surface area contributed by atoms with Gasteiger partial charge in [-0.05, 0) is 55.2 Å². The molecular weight excluding hydrogens is 476 g/mol. The molecule has 2 saturated heterocycles. The highest BCUT2D eigenvalue weighted by atomic mass is 16.5. The maximum absolute atomic E-state index is 13.9. The first-order chi connectivity index (χ1) is 17.6. The van der Waals surface area contributed by atoms with Crippen LogP contribution in [0.3, 0.4) is 0 Å². The minimum atomic E-state index is -1.33. The predicted octanol–water partition coefficient (Wildman–Crippen LogP) is 0.133. The number of nitrogens with one attached hydrogen (secondary N) is 1. The number of methoxy groups -OCH3 is 2. The number of aryl methyl sites for hydroxylation is 1. The number of anilines is 1. The summed E-state index contributed by atoms with van der Waals surface area (Å²) in [5.41, 5.74) is 8.31. The van der Waals surface area contributed by atoms with E-state index in [0.717, 1.165) is 16.7 Å². The van der Waals surface area contributed by atoms with Crippen molar-refractivity contribution in [3.05, 3.63) is 52.6 Å². The van der Waals surface area contributed by atoms with E-state index in [-0.39, 0.29) is 24.8 Å². The number of nitrogens with zero attached hydrogens (tertiary/aromatic N) is 1. The van der Waals surface area contributed by atoms with Gasteiger partial charge in [-0.25, -0.2) is 0 Å². The lowest BCUT2D eigenvalue weighted by Gasteiger charge is -2.26. The number of nitrogens with two attached hydrogens (primary N) is 2. The van der Waals surface area contributed by atoms with Crippen LogP contribution in [0.1, 0.15) is 28.7 Å². The lowest BCUT2D eigenvalue weighted by atomic mass is 9.76. The zero-order valence-corrected chi connectivity index (χ0v) is 21.3. The zero-order chi connectivity index (χ0) is 26.6. The average molecular weight is 508 g/mol. The number of hydrogen-bond donors (Lipinski definition) is 3. The van der Waals surface area contributed by atoms with Crippen LogP contribution in [0.4, 0.5) is 5.69 Å². The van der Waals surface area contributed by atoms with Crippen LogP contribution in [0.25, 0.3) is 0 Å². The first kappa shape index (κ1) is 24.8. The number of amides is 4. The number of benzene rings is 2. The number of carbonyl (C=O) groups excluding carboxylic acids is 4. The lowest BCUT2D eigenvalue weighted by Crippen LogP contribution is -2.99. The third-order valence-electron chi connectivity index (χ3n) is 8.18. The Morgan fingerprint density at radius 2 is 1.81 bits per heavy atom. The van der Waals surface area contributed by atoms with Crippen molar-refractivity contribution in [2.24, 2.45) is 17.6 Å². The van der Waals surface area contributed by atoms with Crippen molar-refractivity contribution in [1.82, 2.24) is 4.90 Å². The Kier molecular flexibility index (Phi) is 5.94. The Morgan fingerprint density at radius 3 is 2.49 bits per heavy atom. The molecule has 194 valence electrons. The van der Waals surface area contributed by atoms with Gasteiger partial charge in [0.25, 0.3) is 5.91 Å². The molecule has 0 aromatic heterocycles. The van der Waals surface area contributed by atoms with E-state index in [0.29, 0.717) is 29.2 Å². The van der Waals surface area contributed by atoms with Gasteiger partial charge in [0.05, 0.1) is 26.3 Å². The van der Waals surface area contributed by atoms with Crippen LogP contribution in [-0.4, -0.2) is 55.3 Å². The lowest BCUT2D eigenvalue weighted by molar-refractivity contribution is -0.732. The standard InChI is InChI=1S/C27H30N4O6/c1-13-5-7-16-23(14(13)2)29-26(35)27(16)22-21(17(30-27)12-20(28)32)24(33)31(25(22)34)10-9-15-6-8-18(36-3)19(11-15)37-4/h5-8,11,17,21-22,30H,9-10,12H2,1-4H3,(H2,28,32)(H,29,35)/p+1/t17-,21+,22-,27+/m0/s1. The Morgan fingerprint density at radius 1 is 1.08 bits per heavy atom. The van der Waals surface area contributed by atoms with Crippen molar-refractivity contribution in [1.29, 1.82) is 0 Å². The third-order valence-corrected chi connectivity index (χ3v) is 8.18. The quantitative estimate of drug-likeness (QED) is 0.455. The van der Waals surface area contributed by atoms with Gasteiger partial charge in [0.2, 0.25) is 23.3 Å². The summed E-state index contributed by atoms with van der Waals surface area (Å²) < 4.78 is 10.6. The fourth-order valence-electron chi connectivity index (χ4n) is 6.26. The molecule has 3 aliphatic heterocycles. The molecule has 0 saturated carbocycles. The van der Waals surface area contributed by atoms with E-state index in [9.17, 15) is 19.2 Å². The van der Waals surface area contributed by atoms with Gasteiger partial charge in [0, 0.05) is 12.1 Å². The molecule has 37 heavy (non-hydrogen) atoms. The van der Waals surface area contributed by atoms with Gasteiger partial charge in [-0.3, -0.25) is 24.1 Å². The highest BCUT2D eigenvalue weighted by molar-refractivity contribution is 6.14. The first-order valence-corrected chi connectivity index (χ1v) is 12.3. The van der Waals surface area contributed by atoms with Gasteiger partial charge < -0.3 is 25.8 Å². The molecule has 0 unspecified atom stereocenters. The summed E-state index contributed by atoms with van der Waals surface area (Å²) in [7, 11) is 3.09. The Labute approximate surface area is 214 Å². The van der Waals surface area contributed by atoms with Gasteiger partial charge in [-0.1, -0.05) is 12.1 Å². The molecule has 0 bridgehead atoms. The minimum absolute atomic E-state index is 0.112. The Bertz CT molecular complexity index is 1340. The number of ether oxygens (including phenoxy) is 2. The summed E-state index contributed by atoms with van der Waals surface area (Å²) in [5.74, 6) is -2.34. The molecule has 4 amide bonds. The second-order valence-corrected chi connectivity index (χ2v) is 10.0. The molecule has 3 aliphatic rings. The minimum Gasteiger partial charge on any atom is -0.493 e. The number of likely N-dealkylation sites (tertiary alicyclic amines) is 1. The van der Waals surface area contributed by atoms with Crippen molar-refractivity contribution in [2.45, 2.75) is 38.3 Å². The van der Waals surface area contributed by atoms with Crippen LogP contribution < -0.4 is 25.8 Å². The van der Waals surface area contributed by atoms with Gasteiger partial charge in [0.15, 0.2) is 11.5 Å². The summed E-state index contributed by atoms with van der Waals surface area (Å²) >= 11 is 0. The molecule has 5 rings (SSSR count). The number of imide groups is 1. The van der Waals surface area contributed by atoms with E-state index in [2.05, 4.69) is 5.32 Å². The molecule has 2 fully saturated rings. The monoisotopic (exact) mass is 507 g/mol. The molecule has 5 N–H and O–H groups in total. The Hall–Kier alpha value is -3.92. The van der Waals surface area contributed by atoms with E-state index >= 15 is 0 Å². The summed E-state index contributed by atoms with van der Waals surface area (Å²) in [6, 6.07) is 8.57. The predicted molar refractivity (Wildman–Crippen MR) is 133 cm³/mol. The van der Waals surface area contributed by atoms with Crippen LogP contribution in [0, 0.1) is 25.7 Å². The largest absolute Gasteiger partial charge is 0.493 e. The van der Waals surface area contributed by atoms with Crippen LogP contribution >= 0.6 is 0 Å². The molecule has 1 spiro atoms. The summed E-state index contributed by atoms with van der Waals surface area (Å²) in [6.45, 7) is 4.00. The van der Waals surface area contributed by atoms with Crippen LogP contribution in [0.2, 0.25) is 0 Å². The zero-order valence-electron chi connectivity index (χ0n) is 21.3. The van der Waals surface area contributed by atoms with Crippen LogP contribution in [0.15, 0.2) is 30.3 Å². The van der Waals surface area contributed by atoms with E-state index in [1.165, 1.54) is 4.90 Å². The Balaban J connectivity index is 1.51. The van der Waals surface area contributed by atoms with Gasteiger partial charge in [-0.15, -0.1) is 0 Å². The number of fused-ring (bicyclic) bond motifs is 4. The second kappa shape index (κ2) is 8.88. The van der Waals surface area contributed by atoms with E-state index in [1.54, 1.807) is 25.6 Å². The molecule has 10 nitrogen and oxygen atoms in total. The highest BCUT2D eigenvalue weighted by Gasteiger charge is 2.74. The van der Waals surface area contributed by atoms with Crippen LogP contribution in [0.5, 0.6) is 11.5 Å². The summed E-state index contributed by atoms with van der Waals surface area (Å²) in [4.78, 5) is 54.3. The summed E-state index contributed by atoms with van der Waals surface area (Å²) in [5, 5.41) is 4.69. The maximum atomic E-state index is 13.9. The van der Waals surface area contributed by atoms with Crippen molar-refractivity contribution in [3.8, 4) is 11.5 Å². The molecule has 0 radical (unpaired) electrons. The third kappa shape index (κ3) is 3.58. The van der Waals surface area contributed by atoms with E-state index in [4.69, 9.17) is 15.2 Å². The number of rotatable bonds is 7. The normalized spacial score (nSPS) is 25.9. The molecule has 2 aromatic carbocycles. The van der Waals surface area contributed by atoms with Crippen molar-refractivity contribution in [3.63, 3.8) is 0 Å². The number of hydrogen-bond acceptors (Lipinski definition) is 6. The van der Waals surface area contributed by atoms with Crippen LogP contribution in [-0.2, 0) is 31.1 Å². The number of quaternary nitrogens is 1.